The zero-order valence-electron chi connectivity index (χ0n) is 16.8. The van der Waals surface area contributed by atoms with Crippen molar-refractivity contribution in [3.8, 4) is 0 Å². The number of carboxylic acids is 1. The second-order valence-corrected chi connectivity index (χ2v) is 7.93. The predicted octanol–water partition coefficient (Wildman–Crippen LogP) is 3.14. The van der Waals surface area contributed by atoms with Crippen LogP contribution in [-0.4, -0.2) is 33.1 Å². The fraction of sp³-hybridized carbons (Fsp3) is 0.545. The van der Waals surface area contributed by atoms with E-state index in [0.717, 1.165) is 25.7 Å². The van der Waals surface area contributed by atoms with Crippen LogP contribution in [0.1, 0.15) is 57.9 Å². The van der Waals surface area contributed by atoms with Crippen molar-refractivity contribution in [2.24, 2.45) is 11.8 Å². The lowest BCUT2D eigenvalue weighted by Crippen LogP contribution is -2.40. The van der Waals surface area contributed by atoms with Gasteiger partial charge in [0.05, 0.1) is 23.1 Å². The Labute approximate surface area is 170 Å². The quantitative estimate of drug-likeness (QED) is 0.710. The highest BCUT2D eigenvalue weighted by Gasteiger charge is 2.27. The van der Waals surface area contributed by atoms with E-state index in [9.17, 15) is 14.4 Å². The third-order valence-corrected chi connectivity index (χ3v) is 5.92. The van der Waals surface area contributed by atoms with Crippen molar-refractivity contribution < 1.29 is 14.7 Å². The minimum atomic E-state index is -0.727. The van der Waals surface area contributed by atoms with Gasteiger partial charge in [0.2, 0.25) is 5.91 Å². The lowest BCUT2D eigenvalue weighted by molar-refractivity contribution is -0.143. The smallest absolute Gasteiger partial charge is 0.306 e. The number of nitrogens with zero attached hydrogens (tertiary/aromatic N) is 2. The summed E-state index contributed by atoms with van der Waals surface area (Å²) in [5.74, 6) is -0.873. The maximum absolute atomic E-state index is 13.0. The molecule has 2 aromatic rings. The minimum absolute atomic E-state index is 0.169. The molecule has 0 radical (unpaired) electrons. The van der Waals surface area contributed by atoms with E-state index in [2.05, 4.69) is 17.2 Å². The van der Waals surface area contributed by atoms with Crippen molar-refractivity contribution in [2.75, 3.05) is 6.54 Å². The number of amides is 1. The van der Waals surface area contributed by atoms with Crippen LogP contribution < -0.4 is 10.9 Å². The third-order valence-electron chi connectivity index (χ3n) is 5.92. The van der Waals surface area contributed by atoms with E-state index in [1.54, 1.807) is 18.2 Å². The van der Waals surface area contributed by atoms with Gasteiger partial charge in [-0.25, -0.2) is 4.98 Å². The van der Waals surface area contributed by atoms with Gasteiger partial charge < -0.3 is 10.4 Å². The number of benzene rings is 1. The summed E-state index contributed by atoms with van der Waals surface area (Å²) in [6.07, 6.45) is 6.73. The van der Waals surface area contributed by atoms with Crippen molar-refractivity contribution in [3.05, 3.63) is 40.9 Å². The lowest BCUT2D eigenvalue weighted by Gasteiger charge is -2.27. The first-order valence-electron chi connectivity index (χ1n) is 10.5. The Morgan fingerprint density at radius 2 is 1.97 bits per heavy atom. The minimum Gasteiger partial charge on any atom is -0.481 e. The summed E-state index contributed by atoms with van der Waals surface area (Å²) in [7, 11) is 0. The molecule has 3 rings (SSSR count). The van der Waals surface area contributed by atoms with Crippen LogP contribution in [0.3, 0.4) is 0 Å². The van der Waals surface area contributed by atoms with E-state index >= 15 is 0 Å². The molecule has 1 amide bonds. The van der Waals surface area contributed by atoms with Gasteiger partial charge in [-0.15, -0.1) is 0 Å². The number of unbranched alkanes of at least 4 members (excludes halogenated alkanes) is 1. The molecule has 1 aliphatic carbocycles. The molecule has 1 unspecified atom stereocenters. The van der Waals surface area contributed by atoms with Crippen LogP contribution in [0.2, 0.25) is 0 Å². The van der Waals surface area contributed by atoms with E-state index in [-0.39, 0.29) is 23.3 Å². The number of hydrogen-bond donors (Lipinski definition) is 2. The topological polar surface area (TPSA) is 101 Å². The number of para-hydroxylation sites is 1. The van der Waals surface area contributed by atoms with Crippen molar-refractivity contribution in [1.29, 1.82) is 0 Å². The number of hydrogen-bond acceptors (Lipinski definition) is 4. The Morgan fingerprint density at radius 1 is 1.24 bits per heavy atom. The van der Waals surface area contributed by atoms with E-state index < -0.39 is 12.0 Å². The van der Waals surface area contributed by atoms with Crippen molar-refractivity contribution >= 4 is 22.8 Å². The van der Waals surface area contributed by atoms with Gasteiger partial charge in [-0.2, -0.15) is 0 Å². The highest BCUT2D eigenvalue weighted by molar-refractivity contribution is 5.81. The second-order valence-electron chi connectivity index (χ2n) is 7.93. The van der Waals surface area contributed by atoms with Crippen LogP contribution in [0.4, 0.5) is 0 Å². The molecule has 7 heteroatoms. The number of carbonyl (C=O) groups is 2. The zero-order chi connectivity index (χ0) is 20.8. The lowest BCUT2D eigenvalue weighted by atomic mass is 9.82. The molecule has 1 saturated carbocycles. The summed E-state index contributed by atoms with van der Waals surface area (Å²) in [4.78, 5) is 41.3. The van der Waals surface area contributed by atoms with Gasteiger partial charge in [0.25, 0.3) is 5.56 Å². The summed E-state index contributed by atoms with van der Waals surface area (Å²) in [5, 5.41) is 12.6. The van der Waals surface area contributed by atoms with Crippen LogP contribution in [0, 0.1) is 11.8 Å². The molecule has 1 heterocycles. The average Bonchev–Trinajstić information content (AvgIpc) is 2.74. The molecule has 1 aromatic carbocycles. The fourth-order valence-electron chi connectivity index (χ4n) is 4.08. The highest BCUT2D eigenvalue weighted by Crippen LogP contribution is 2.28. The molecule has 2 N–H and O–H groups in total. The Kier molecular flexibility index (Phi) is 7.01. The zero-order valence-corrected chi connectivity index (χ0v) is 16.8. The predicted molar refractivity (Wildman–Crippen MR) is 111 cm³/mol. The van der Waals surface area contributed by atoms with Gasteiger partial charge >= 0.3 is 5.97 Å². The molecular formula is C22H29N3O4. The molecule has 7 nitrogen and oxygen atoms in total. The third kappa shape index (κ3) is 5.02. The average molecular weight is 399 g/mol. The van der Waals surface area contributed by atoms with E-state index in [1.165, 1.54) is 10.9 Å². The van der Waals surface area contributed by atoms with Crippen LogP contribution >= 0.6 is 0 Å². The number of nitrogens with one attached hydrogen (secondary N) is 1. The van der Waals surface area contributed by atoms with Crippen molar-refractivity contribution in [3.63, 3.8) is 0 Å². The van der Waals surface area contributed by atoms with Crippen LogP contribution in [0.5, 0.6) is 0 Å². The molecule has 0 spiro atoms. The summed E-state index contributed by atoms with van der Waals surface area (Å²) in [6.45, 7) is 2.57. The molecule has 156 valence electrons. The molecule has 1 atom stereocenters. The number of aliphatic carboxylic acids is 1. The number of rotatable bonds is 8. The molecule has 1 aliphatic rings. The molecule has 1 fully saturated rings. The normalized spacial score (nSPS) is 20.3. The molecule has 29 heavy (non-hydrogen) atoms. The molecule has 0 saturated heterocycles. The number of aromatic nitrogens is 2. The Hall–Kier alpha value is -2.70. The highest BCUT2D eigenvalue weighted by atomic mass is 16.4. The van der Waals surface area contributed by atoms with Crippen molar-refractivity contribution in [1.82, 2.24) is 14.9 Å². The van der Waals surface area contributed by atoms with Gasteiger partial charge in [0.1, 0.15) is 6.04 Å². The van der Waals surface area contributed by atoms with Crippen LogP contribution in [0.15, 0.2) is 35.4 Å². The second kappa shape index (κ2) is 9.67. The van der Waals surface area contributed by atoms with Crippen molar-refractivity contribution in [2.45, 2.75) is 57.9 Å². The largest absolute Gasteiger partial charge is 0.481 e. The Morgan fingerprint density at radius 3 is 2.66 bits per heavy atom. The van der Waals surface area contributed by atoms with E-state index in [1.807, 2.05) is 6.07 Å². The van der Waals surface area contributed by atoms with Gasteiger partial charge in [-0.1, -0.05) is 31.9 Å². The van der Waals surface area contributed by atoms with Crippen LogP contribution in [0.25, 0.3) is 10.9 Å². The standard InChI is InChI=1S/C22H29N3O4/c1-2-3-8-19(25-14-24-18-7-5-4-6-17(18)21(25)27)20(26)23-13-15-9-11-16(12-10-15)22(28)29/h4-7,14-16,19H,2-3,8-13H2,1H3,(H,23,26)(H,28,29). The first-order chi connectivity index (χ1) is 14.0. The first kappa shape index (κ1) is 21.0. The maximum Gasteiger partial charge on any atom is 0.306 e. The SMILES string of the molecule is CCCCC(C(=O)NCC1CCC(C(=O)O)CC1)n1cnc2ccccc2c1=O. The Bertz CT molecular complexity index is 916. The molecule has 0 aliphatic heterocycles. The number of carbonyl (C=O) groups excluding carboxylic acids is 1. The van der Waals surface area contributed by atoms with E-state index in [0.29, 0.717) is 36.7 Å². The first-order valence-corrected chi connectivity index (χ1v) is 10.5. The van der Waals surface area contributed by atoms with Gasteiger partial charge in [-0.3, -0.25) is 19.0 Å². The maximum atomic E-state index is 13.0. The summed E-state index contributed by atoms with van der Waals surface area (Å²) < 4.78 is 1.45. The van der Waals surface area contributed by atoms with E-state index in [4.69, 9.17) is 5.11 Å². The van der Waals surface area contributed by atoms with Gasteiger partial charge in [0.15, 0.2) is 0 Å². The van der Waals surface area contributed by atoms with Gasteiger partial charge in [0, 0.05) is 6.54 Å². The van der Waals surface area contributed by atoms with Gasteiger partial charge in [-0.05, 0) is 50.2 Å². The molecular weight excluding hydrogens is 370 g/mol. The molecule has 1 aromatic heterocycles. The number of carboxylic acid groups (broad SMARTS) is 1. The van der Waals surface area contributed by atoms with Crippen LogP contribution in [-0.2, 0) is 9.59 Å². The summed E-state index contributed by atoms with van der Waals surface area (Å²) >= 11 is 0. The number of fused-ring (bicyclic) bond motifs is 1. The Balaban J connectivity index is 1.70. The summed E-state index contributed by atoms with van der Waals surface area (Å²) in [5.41, 5.74) is 0.424. The fourth-order valence-corrected chi connectivity index (χ4v) is 4.08. The summed E-state index contributed by atoms with van der Waals surface area (Å²) in [6, 6.07) is 6.56. The molecule has 0 bridgehead atoms. The monoisotopic (exact) mass is 399 g/mol.